The first-order chi connectivity index (χ1) is 17.5. The lowest BCUT2D eigenvalue weighted by molar-refractivity contribution is 0.102. The summed E-state index contributed by atoms with van der Waals surface area (Å²) in [6.45, 7) is 1.51. The highest BCUT2D eigenvalue weighted by molar-refractivity contribution is 7.86. The highest BCUT2D eigenvalue weighted by Gasteiger charge is 2.22. The van der Waals surface area contributed by atoms with E-state index in [0.717, 1.165) is 6.07 Å². The van der Waals surface area contributed by atoms with Gasteiger partial charge >= 0.3 is 0 Å². The number of hydrogen-bond acceptors (Lipinski definition) is 7. The number of aromatic hydroxyl groups is 1. The van der Waals surface area contributed by atoms with Gasteiger partial charge in [0.2, 0.25) is 0 Å². The molecule has 0 fully saturated rings. The molecule has 0 radical (unpaired) electrons. The third kappa shape index (κ3) is 5.37. The van der Waals surface area contributed by atoms with Crippen molar-refractivity contribution in [2.75, 3.05) is 12.4 Å². The number of anilines is 1. The quantitative estimate of drug-likeness (QED) is 0.170. The fourth-order valence-electron chi connectivity index (χ4n) is 3.64. The average molecular weight is 560 g/mol. The second-order valence-corrected chi connectivity index (χ2v) is 10.1. The maximum Gasteiger partial charge on any atom is 0.296 e. The fourth-order valence-corrected chi connectivity index (χ4v) is 4.65. The Kier molecular flexibility index (Phi) is 7.37. The lowest BCUT2D eigenvalue weighted by atomic mass is 10.0. The summed E-state index contributed by atoms with van der Waals surface area (Å²) >= 11 is 12.2. The summed E-state index contributed by atoms with van der Waals surface area (Å²) < 4.78 is 38.7. The van der Waals surface area contributed by atoms with Gasteiger partial charge in [-0.25, -0.2) is 0 Å². The number of carbonyl (C=O) groups excluding carboxylic acids is 1. The molecule has 0 spiro atoms. The largest absolute Gasteiger partial charge is 0.505 e. The van der Waals surface area contributed by atoms with Gasteiger partial charge in [-0.05, 0) is 54.3 Å². The number of ether oxygens (including phenoxy) is 1. The summed E-state index contributed by atoms with van der Waals surface area (Å²) in [5.74, 6) is -0.834. The van der Waals surface area contributed by atoms with Gasteiger partial charge in [0.05, 0.1) is 18.4 Å². The first-order valence-electron chi connectivity index (χ1n) is 10.6. The van der Waals surface area contributed by atoms with Crippen LogP contribution >= 0.6 is 23.2 Å². The third-order valence-corrected chi connectivity index (χ3v) is 7.04. The van der Waals surface area contributed by atoms with E-state index in [4.69, 9.17) is 27.9 Å². The van der Waals surface area contributed by atoms with Crippen LogP contribution in [0.1, 0.15) is 15.9 Å². The van der Waals surface area contributed by atoms with E-state index in [0.29, 0.717) is 21.5 Å². The molecule has 190 valence electrons. The van der Waals surface area contributed by atoms with Gasteiger partial charge < -0.3 is 15.2 Å². The lowest BCUT2D eigenvalue weighted by Crippen LogP contribution is -2.13. The molecule has 4 rings (SSSR count). The van der Waals surface area contributed by atoms with Crippen LogP contribution in [0.25, 0.3) is 10.8 Å². The molecule has 0 saturated heterocycles. The molecule has 0 aromatic heterocycles. The van der Waals surface area contributed by atoms with Crippen LogP contribution < -0.4 is 10.1 Å². The molecule has 0 aliphatic carbocycles. The van der Waals surface area contributed by atoms with Crippen LogP contribution in [-0.2, 0) is 10.1 Å². The summed E-state index contributed by atoms with van der Waals surface area (Å²) in [7, 11) is -3.22. The summed E-state index contributed by atoms with van der Waals surface area (Å²) in [6, 6.07) is 15.3. The smallest absolute Gasteiger partial charge is 0.296 e. The number of fused-ring (bicyclic) bond motifs is 1. The molecule has 0 aliphatic rings. The average Bonchev–Trinajstić information content (AvgIpc) is 2.84. The van der Waals surface area contributed by atoms with Crippen molar-refractivity contribution < 1.29 is 27.6 Å². The minimum Gasteiger partial charge on any atom is -0.505 e. The van der Waals surface area contributed by atoms with Crippen LogP contribution in [0.4, 0.5) is 17.1 Å². The summed E-state index contributed by atoms with van der Waals surface area (Å²) in [5.41, 5.74) is 0.0841. The van der Waals surface area contributed by atoms with E-state index in [1.807, 2.05) is 0 Å². The van der Waals surface area contributed by atoms with E-state index in [9.17, 15) is 22.9 Å². The molecule has 0 bridgehead atoms. The fraction of sp³-hybridized carbons (Fsp3) is 0.0800. The molecule has 0 saturated carbocycles. The van der Waals surface area contributed by atoms with Crippen LogP contribution in [0.3, 0.4) is 0 Å². The first-order valence-corrected chi connectivity index (χ1v) is 12.8. The van der Waals surface area contributed by atoms with Gasteiger partial charge in [-0.3, -0.25) is 9.35 Å². The third-order valence-electron chi connectivity index (χ3n) is 5.51. The second-order valence-electron chi connectivity index (χ2n) is 7.84. The molecule has 9 nitrogen and oxygen atoms in total. The zero-order valence-corrected chi connectivity index (χ0v) is 21.7. The van der Waals surface area contributed by atoms with Crippen LogP contribution in [0.5, 0.6) is 11.5 Å². The topological polar surface area (TPSA) is 138 Å². The van der Waals surface area contributed by atoms with E-state index >= 15 is 0 Å². The molecule has 37 heavy (non-hydrogen) atoms. The molecule has 0 aliphatic heterocycles. The zero-order valence-electron chi connectivity index (χ0n) is 19.4. The number of rotatable bonds is 6. The van der Waals surface area contributed by atoms with Gasteiger partial charge in [-0.15, -0.1) is 10.2 Å². The Morgan fingerprint density at radius 1 is 1.00 bits per heavy atom. The highest BCUT2D eigenvalue weighted by atomic mass is 35.5. The number of amides is 1. The number of methoxy groups -OCH3 is 1. The Hall–Kier alpha value is -3.70. The number of phenols is 1. The van der Waals surface area contributed by atoms with Crippen molar-refractivity contribution in [3.05, 3.63) is 81.8 Å². The molecule has 3 N–H and O–H groups in total. The predicted molar refractivity (Wildman–Crippen MR) is 142 cm³/mol. The number of nitrogens with one attached hydrogen (secondary N) is 1. The van der Waals surface area contributed by atoms with Gasteiger partial charge in [0.15, 0.2) is 5.75 Å². The monoisotopic (exact) mass is 559 g/mol. The Balaban J connectivity index is 1.87. The minimum absolute atomic E-state index is 0.0954. The number of nitrogens with zero attached hydrogens (tertiary/aromatic N) is 2. The standard InChI is InChI=1S/C25H19Cl2N3O6S/c1-13-18(27)8-10-21(37(33,34)35)22(13)29-30-23-16-6-4-3-5-14(16)11-17(24(23)31)25(32)28-19-12-15(26)7-9-20(19)36-2/h3-12,31H,1-2H3,(H,28,32)(H,33,34,35). The van der Waals surface area contributed by atoms with Gasteiger partial charge in [-0.2, -0.15) is 8.42 Å². The van der Waals surface area contributed by atoms with Crippen molar-refractivity contribution in [1.29, 1.82) is 0 Å². The van der Waals surface area contributed by atoms with E-state index in [1.54, 1.807) is 36.4 Å². The zero-order chi connectivity index (χ0) is 26.9. The highest BCUT2D eigenvalue weighted by Crippen LogP contribution is 2.41. The van der Waals surface area contributed by atoms with Crippen molar-refractivity contribution in [3.8, 4) is 11.5 Å². The van der Waals surface area contributed by atoms with Crippen LogP contribution in [-0.4, -0.2) is 31.1 Å². The Morgan fingerprint density at radius 3 is 2.41 bits per heavy atom. The second kappa shape index (κ2) is 10.3. The van der Waals surface area contributed by atoms with Crippen molar-refractivity contribution >= 4 is 67.1 Å². The van der Waals surface area contributed by atoms with Crippen molar-refractivity contribution in [2.24, 2.45) is 10.2 Å². The van der Waals surface area contributed by atoms with E-state index in [-0.39, 0.29) is 33.2 Å². The lowest BCUT2D eigenvalue weighted by Gasteiger charge is -2.13. The number of azo groups is 1. The first kappa shape index (κ1) is 26.4. The Labute approximate surface area is 222 Å². The van der Waals surface area contributed by atoms with E-state index in [1.165, 1.54) is 32.2 Å². The van der Waals surface area contributed by atoms with Crippen molar-refractivity contribution in [2.45, 2.75) is 11.8 Å². The van der Waals surface area contributed by atoms with Crippen LogP contribution in [0.2, 0.25) is 10.0 Å². The van der Waals surface area contributed by atoms with Crippen LogP contribution in [0, 0.1) is 6.92 Å². The van der Waals surface area contributed by atoms with Gasteiger partial charge in [-0.1, -0.05) is 47.5 Å². The summed E-state index contributed by atoms with van der Waals surface area (Å²) in [6.07, 6.45) is 0. The van der Waals surface area contributed by atoms with Crippen molar-refractivity contribution in [3.63, 3.8) is 0 Å². The van der Waals surface area contributed by atoms with Gasteiger partial charge in [0.1, 0.15) is 22.0 Å². The Bertz CT molecular complexity index is 1690. The number of halogens is 2. The summed E-state index contributed by atoms with van der Waals surface area (Å²) in [4.78, 5) is 12.7. The molecular weight excluding hydrogens is 541 g/mol. The normalized spacial score (nSPS) is 11.7. The number of carbonyl (C=O) groups is 1. The van der Waals surface area contributed by atoms with Gasteiger partial charge in [0.25, 0.3) is 16.0 Å². The molecule has 0 atom stereocenters. The van der Waals surface area contributed by atoms with Crippen LogP contribution in [0.15, 0.2) is 75.8 Å². The molecule has 12 heteroatoms. The molecule has 4 aromatic rings. The van der Waals surface area contributed by atoms with E-state index < -0.39 is 26.7 Å². The van der Waals surface area contributed by atoms with Gasteiger partial charge in [0, 0.05) is 15.4 Å². The van der Waals surface area contributed by atoms with Crippen molar-refractivity contribution in [1.82, 2.24) is 0 Å². The minimum atomic E-state index is -4.66. The SMILES string of the molecule is COc1ccc(Cl)cc1NC(=O)c1cc2ccccc2c(N=Nc2c(S(=O)(=O)O)ccc(Cl)c2C)c1O. The molecular formula is C25H19Cl2N3O6S. The molecule has 1 amide bonds. The predicted octanol–water partition coefficient (Wildman–Crippen LogP) is 7.08. The number of phenolic OH excluding ortho intramolecular Hbond substituents is 1. The maximum atomic E-state index is 13.2. The van der Waals surface area contributed by atoms with E-state index in [2.05, 4.69) is 15.5 Å². The maximum absolute atomic E-state index is 13.2. The number of benzene rings is 4. The Morgan fingerprint density at radius 2 is 1.70 bits per heavy atom. The number of hydrogen-bond donors (Lipinski definition) is 3. The summed E-state index contributed by atoms with van der Waals surface area (Å²) in [5, 5.41) is 23.4. The molecule has 0 unspecified atom stereocenters. The molecule has 4 aromatic carbocycles. The molecule has 0 heterocycles.